The van der Waals surface area contributed by atoms with Crippen molar-refractivity contribution in [2.75, 3.05) is 30.0 Å². The maximum Gasteiger partial charge on any atom is 0.156 e. The van der Waals surface area contributed by atoms with Gasteiger partial charge < -0.3 is 16.0 Å². The second-order valence-corrected chi connectivity index (χ2v) is 5.19. The van der Waals surface area contributed by atoms with E-state index in [9.17, 15) is 0 Å². The molecule has 0 bridgehead atoms. The molecule has 0 spiro atoms. The molecule has 0 saturated heterocycles. The topological polar surface area (TPSA) is 67.1 Å². The Balaban J connectivity index is 2.10. The van der Waals surface area contributed by atoms with Gasteiger partial charge in [-0.3, -0.25) is 0 Å². The highest BCUT2D eigenvalue weighted by atomic mass is 15.2. The van der Waals surface area contributed by atoms with Crippen molar-refractivity contribution in [2.45, 2.75) is 44.6 Å². The van der Waals surface area contributed by atoms with E-state index < -0.39 is 0 Å². The van der Waals surface area contributed by atoms with Gasteiger partial charge in [-0.1, -0.05) is 25.7 Å². The van der Waals surface area contributed by atoms with Crippen LogP contribution in [0.3, 0.4) is 0 Å². The van der Waals surface area contributed by atoms with E-state index in [1.807, 2.05) is 19.0 Å². The van der Waals surface area contributed by atoms with Crippen LogP contribution in [0.15, 0.2) is 6.33 Å². The van der Waals surface area contributed by atoms with E-state index >= 15 is 0 Å². The molecule has 0 atom stereocenters. The number of nitrogens with two attached hydrogens (primary N) is 1. The van der Waals surface area contributed by atoms with Crippen molar-refractivity contribution in [1.82, 2.24) is 9.97 Å². The largest absolute Gasteiger partial charge is 0.393 e. The van der Waals surface area contributed by atoms with Gasteiger partial charge in [-0.15, -0.1) is 0 Å². The molecule has 1 aliphatic carbocycles. The zero-order valence-corrected chi connectivity index (χ0v) is 11.3. The van der Waals surface area contributed by atoms with Gasteiger partial charge in [0.1, 0.15) is 12.0 Å². The van der Waals surface area contributed by atoms with E-state index in [-0.39, 0.29) is 0 Å². The highest BCUT2D eigenvalue weighted by Gasteiger charge is 2.15. The maximum atomic E-state index is 6.11. The van der Waals surface area contributed by atoms with E-state index in [1.165, 1.54) is 38.5 Å². The van der Waals surface area contributed by atoms with Crippen molar-refractivity contribution >= 4 is 17.3 Å². The van der Waals surface area contributed by atoms with E-state index in [0.29, 0.717) is 11.7 Å². The molecule has 0 aliphatic heterocycles. The molecule has 1 heterocycles. The number of rotatable bonds is 3. The van der Waals surface area contributed by atoms with Crippen molar-refractivity contribution in [2.24, 2.45) is 0 Å². The van der Waals surface area contributed by atoms with Crippen LogP contribution >= 0.6 is 0 Å². The van der Waals surface area contributed by atoms with Crippen LogP contribution in [0.25, 0.3) is 0 Å². The molecule has 0 radical (unpaired) electrons. The van der Waals surface area contributed by atoms with E-state index in [2.05, 4.69) is 15.3 Å². The minimum absolute atomic E-state index is 0.500. The van der Waals surface area contributed by atoms with Crippen LogP contribution in [0.2, 0.25) is 0 Å². The molecule has 0 aromatic carbocycles. The summed E-state index contributed by atoms with van der Waals surface area (Å²) >= 11 is 0. The lowest BCUT2D eigenvalue weighted by atomic mass is 10.1. The Morgan fingerprint density at radius 1 is 1.17 bits per heavy atom. The van der Waals surface area contributed by atoms with Crippen LogP contribution in [0, 0.1) is 0 Å². The van der Waals surface area contributed by atoms with Gasteiger partial charge in [-0.25, -0.2) is 9.97 Å². The molecule has 1 saturated carbocycles. The molecule has 1 aliphatic rings. The van der Waals surface area contributed by atoms with E-state index in [4.69, 9.17) is 5.73 Å². The second kappa shape index (κ2) is 5.89. The highest BCUT2D eigenvalue weighted by molar-refractivity contribution is 5.74. The van der Waals surface area contributed by atoms with Gasteiger partial charge in [0.25, 0.3) is 0 Å². The van der Waals surface area contributed by atoms with Gasteiger partial charge in [0.15, 0.2) is 11.6 Å². The summed E-state index contributed by atoms with van der Waals surface area (Å²) in [5, 5.41) is 3.48. The number of aromatic nitrogens is 2. The molecule has 18 heavy (non-hydrogen) atoms. The first-order valence-electron chi connectivity index (χ1n) is 6.73. The summed E-state index contributed by atoms with van der Waals surface area (Å²) in [5.74, 6) is 1.56. The Labute approximate surface area is 109 Å². The summed E-state index contributed by atoms with van der Waals surface area (Å²) in [6.45, 7) is 0. The molecule has 5 nitrogen and oxygen atoms in total. The molecular formula is C13H23N5. The lowest BCUT2D eigenvalue weighted by Crippen LogP contribution is -2.21. The Morgan fingerprint density at radius 3 is 2.44 bits per heavy atom. The number of hydrogen-bond acceptors (Lipinski definition) is 5. The third-order valence-corrected chi connectivity index (χ3v) is 3.48. The zero-order chi connectivity index (χ0) is 13.0. The van der Waals surface area contributed by atoms with Crippen LogP contribution in [0.5, 0.6) is 0 Å². The van der Waals surface area contributed by atoms with Gasteiger partial charge >= 0.3 is 0 Å². The minimum Gasteiger partial charge on any atom is -0.393 e. The van der Waals surface area contributed by atoms with E-state index in [0.717, 1.165) is 11.6 Å². The van der Waals surface area contributed by atoms with Gasteiger partial charge in [0.05, 0.1) is 0 Å². The first-order chi connectivity index (χ1) is 8.68. The van der Waals surface area contributed by atoms with Gasteiger partial charge in [-0.05, 0) is 12.8 Å². The van der Waals surface area contributed by atoms with Crippen LogP contribution in [-0.4, -0.2) is 30.1 Å². The molecule has 3 N–H and O–H groups in total. The molecule has 1 fully saturated rings. The van der Waals surface area contributed by atoms with E-state index in [1.54, 1.807) is 6.33 Å². The smallest absolute Gasteiger partial charge is 0.156 e. The Kier molecular flexibility index (Phi) is 4.23. The predicted octanol–water partition coefficient (Wildman–Crippen LogP) is 2.26. The fourth-order valence-electron chi connectivity index (χ4n) is 2.47. The summed E-state index contributed by atoms with van der Waals surface area (Å²) < 4.78 is 0. The minimum atomic E-state index is 0.500. The lowest BCUT2D eigenvalue weighted by Gasteiger charge is -2.20. The normalized spacial score (nSPS) is 17.2. The average Bonchev–Trinajstić information content (AvgIpc) is 2.60. The molecule has 2 rings (SSSR count). The van der Waals surface area contributed by atoms with Crippen LogP contribution in [0.1, 0.15) is 38.5 Å². The molecule has 100 valence electrons. The van der Waals surface area contributed by atoms with Crippen molar-refractivity contribution in [1.29, 1.82) is 0 Å². The van der Waals surface area contributed by atoms with Crippen molar-refractivity contribution in [3.8, 4) is 0 Å². The van der Waals surface area contributed by atoms with Crippen molar-refractivity contribution in [3.63, 3.8) is 0 Å². The molecule has 0 amide bonds. The number of nitrogens with zero attached hydrogens (tertiary/aromatic N) is 3. The standard InChI is InChI=1S/C13H23N5/c1-18(2)13-11(14)12(15-9-16-13)17-10-7-5-3-4-6-8-10/h9-10H,3-8,14H2,1-2H3,(H,15,16,17). The number of anilines is 3. The monoisotopic (exact) mass is 249 g/mol. The van der Waals surface area contributed by atoms with Gasteiger partial charge in [0.2, 0.25) is 0 Å². The van der Waals surface area contributed by atoms with Crippen LogP contribution < -0.4 is 16.0 Å². The second-order valence-electron chi connectivity index (χ2n) is 5.19. The highest BCUT2D eigenvalue weighted by Crippen LogP contribution is 2.27. The number of nitrogens with one attached hydrogen (secondary N) is 1. The summed E-state index contributed by atoms with van der Waals surface area (Å²) in [5.41, 5.74) is 6.76. The SMILES string of the molecule is CN(C)c1ncnc(NC2CCCCCC2)c1N. The summed E-state index contributed by atoms with van der Waals surface area (Å²) in [6.07, 6.45) is 9.28. The average molecular weight is 249 g/mol. The summed E-state index contributed by atoms with van der Waals surface area (Å²) in [6, 6.07) is 0.500. The quantitative estimate of drug-likeness (QED) is 0.804. The number of hydrogen-bond donors (Lipinski definition) is 2. The van der Waals surface area contributed by atoms with Crippen LogP contribution in [-0.2, 0) is 0 Å². The van der Waals surface area contributed by atoms with Gasteiger partial charge in [-0.2, -0.15) is 0 Å². The predicted molar refractivity (Wildman–Crippen MR) is 75.9 cm³/mol. The molecular weight excluding hydrogens is 226 g/mol. The third kappa shape index (κ3) is 3.03. The maximum absolute atomic E-state index is 6.11. The van der Waals surface area contributed by atoms with Crippen LogP contribution in [0.4, 0.5) is 17.3 Å². The molecule has 1 aromatic heterocycles. The third-order valence-electron chi connectivity index (χ3n) is 3.48. The summed E-state index contributed by atoms with van der Waals surface area (Å²) in [7, 11) is 3.88. The fourth-order valence-corrected chi connectivity index (χ4v) is 2.47. The lowest BCUT2D eigenvalue weighted by molar-refractivity contribution is 0.618. The van der Waals surface area contributed by atoms with Crippen molar-refractivity contribution in [3.05, 3.63) is 6.33 Å². The zero-order valence-electron chi connectivity index (χ0n) is 11.3. The van der Waals surface area contributed by atoms with Crippen molar-refractivity contribution < 1.29 is 0 Å². The molecule has 0 unspecified atom stereocenters. The number of nitrogen functional groups attached to an aromatic ring is 1. The summed E-state index contributed by atoms with van der Waals surface area (Å²) in [4.78, 5) is 10.4. The first kappa shape index (κ1) is 12.9. The first-order valence-corrected chi connectivity index (χ1v) is 6.73. The fraction of sp³-hybridized carbons (Fsp3) is 0.692. The Bertz CT molecular complexity index is 383. The molecule has 5 heteroatoms. The Morgan fingerprint density at radius 2 is 1.83 bits per heavy atom. The molecule has 1 aromatic rings. The Hall–Kier alpha value is -1.52. The van der Waals surface area contributed by atoms with Gasteiger partial charge in [0, 0.05) is 20.1 Å².